The van der Waals surface area contributed by atoms with Crippen molar-refractivity contribution in [2.75, 3.05) is 0 Å². The highest BCUT2D eigenvalue weighted by molar-refractivity contribution is 7.89. The molecule has 3 rings (SSSR count). The first-order valence-electron chi connectivity index (χ1n) is 7.57. The van der Waals surface area contributed by atoms with E-state index in [1.807, 2.05) is 44.2 Å². The quantitative estimate of drug-likeness (QED) is 0.754. The van der Waals surface area contributed by atoms with Crippen molar-refractivity contribution in [2.24, 2.45) is 0 Å². The molecule has 0 radical (unpaired) electrons. The van der Waals surface area contributed by atoms with E-state index in [1.165, 1.54) is 0 Å². The van der Waals surface area contributed by atoms with Gasteiger partial charge >= 0.3 is 0 Å². The zero-order chi connectivity index (χ0) is 16.4. The van der Waals surface area contributed by atoms with Gasteiger partial charge in [-0.2, -0.15) is 0 Å². The molecule has 1 heterocycles. The van der Waals surface area contributed by atoms with E-state index < -0.39 is 10.0 Å². The van der Waals surface area contributed by atoms with Crippen molar-refractivity contribution in [2.45, 2.75) is 31.2 Å². The molecule has 2 aromatic carbocycles. The van der Waals surface area contributed by atoms with Gasteiger partial charge in [-0.3, -0.25) is 0 Å². The third-order valence-electron chi connectivity index (χ3n) is 3.78. The summed E-state index contributed by atoms with van der Waals surface area (Å²) in [5, 5.41) is 0. The summed E-state index contributed by atoms with van der Waals surface area (Å²) in [4.78, 5) is 7.94. The number of benzene rings is 2. The molecule has 0 aliphatic heterocycles. The van der Waals surface area contributed by atoms with Crippen LogP contribution in [-0.2, 0) is 10.0 Å². The van der Waals surface area contributed by atoms with Gasteiger partial charge in [0.15, 0.2) is 0 Å². The maximum absolute atomic E-state index is 12.4. The number of hydrogen-bond acceptors (Lipinski definition) is 3. The number of H-pyrrole nitrogens is 1. The monoisotopic (exact) mass is 329 g/mol. The Morgan fingerprint density at radius 1 is 1.17 bits per heavy atom. The number of nitrogens with one attached hydrogen (secondary N) is 2. The van der Waals surface area contributed by atoms with Crippen molar-refractivity contribution in [1.82, 2.24) is 14.7 Å². The first kappa shape index (κ1) is 15.7. The first-order chi connectivity index (χ1) is 11.0. The molecule has 120 valence electrons. The van der Waals surface area contributed by atoms with E-state index in [9.17, 15) is 8.42 Å². The molecule has 0 saturated carbocycles. The predicted octanol–water partition coefficient (Wildman–Crippen LogP) is 3.31. The summed E-state index contributed by atoms with van der Waals surface area (Å²) in [7, 11) is -3.52. The molecule has 5 nitrogen and oxygen atoms in total. The highest BCUT2D eigenvalue weighted by atomic mass is 32.2. The predicted molar refractivity (Wildman–Crippen MR) is 91.6 cm³/mol. The van der Waals surface area contributed by atoms with Crippen LogP contribution in [0.2, 0.25) is 0 Å². The molecule has 3 aromatic rings. The number of imidazole rings is 1. The molecule has 0 spiro atoms. The van der Waals surface area contributed by atoms with E-state index in [0.29, 0.717) is 5.52 Å². The minimum Gasteiger partial charge on any atom is -0.338 e. The zero-order valence-corrected chi connectivity index (χ0v) is 13.9. The average Bonchev–Trinajstić information content (AvgIpc) is 2.98. The molecule has 0 saturated heterocycles. The number of hydrogen-bond donors (Lipinski definition) is 2. The van der Waals surface area contributed by atoms with E-state index in [0.717, 1.165) is 23.3 Å². The van der Waals surface area contributed by atoms with E-state index in [1.54, 1.807) is 18.2 Å². The molecule has 6 heteroatoms. The van der Waals surface area contributed by atoms with E-state index in [2.05, 4.69) is 14.7 Å². The Bertz CT molecular complexity index is 917. The molecular formula is C17H19N3O2S. The molecule has 0 amide bonds. The lowest BCUT2D eigenvalue weighted by Gasteiger charge is -2.11. The lowest BCUT2D eigenvalue weighted by Crippen LogP contribution is -2.31. The van der Waals surface area contributed by atoms with Gasteiger partial charge in [0.25, 0.3) is 0 Å². The largest absolute Gasteiger partial charge is 0.338 e. The third-order valence-corrected chi connectivity index (χ3v) is 5.37. The smallest absolute Gasteiger partial charge is 0.240 e. The van der Waals surface area contributed by atoms with Gasteiger partial charge in [-0.05, 0) is 31.5 Å². The van der Waals surface area contributed by atoms with Crippen molar-refractivity contribution >= 4 is 21.1 Å². The Morgan fingerprint density at radius 3 is 2.61 bits per heavy atom. The number of rotatable bonds is 5. The Hall–Kier alpha value is -2.18. The maximum atomic E-state index is 12.4. The summed E-state index contributed by atoms with van der Waals surface area (Å²) < 4.78 is 27.4. The van der Waals surface area contributed by atoms with E-state index in [4.69, 9.17) is 0 Å². The van der Waals surface area contributed by atoms with Gasteiger partial charge in [-0.1, -0.05) is 37.3 Å². The molecule has 23 heavy (non-hydrogen) atoms. The van der Waals surface area contributed by atoms with Crippen LogP contribution >= 0.6 is 0 Å². The summed E-state index contributed by atoms with van der Waals surface area (Å²) in [5.41, 5.74) is 2.41. The van der Waals surface area contributed by atoms with E-state index in [-0.39, 0.29) is 10.9 Å². The second-order valence-electron chi connectivity index (χ2n) is 5.56. The van der Waals surface area contributed by atoms with Gasteiger partial charge < -0.3 is 4.98 Å². The van der Waals surface area contributed by atoms with Crippen LogP contribution in [0.15, 0.2) is 53.4 Å². The molecular weight excluding hydrogens is 310 g/mol. The van der Waals surface area contributed by atoms with Gasteiger partial charge in [-0.25, -0.2) is 18.1 Å². The Kier molecular flexibility index (Phi) is 4.19. The van der Waals surface area contributed by atoms with Crippen molar-refractivity contribution in [3.05, 3.63) is 48.5 Å². The van der Waals surface area contributed by atoms with Crippen molar-refractivity contribution in [3.63, 3.8) is 0 Å². The summed E-state index contributed by atoms with van der Waals surface area (Å²) in [6.45, 7) is 3.79. The Morgan fingerprint density at radius 2 is 1.91 bits per heavy atom. The molecule has 0 bridgehead atoms. The van der Waals surface area contributed by atoms with Crippen LogP contribution in [0.4, 0.5) is 0 Å². The zero-order valence-electron chi connectivity index (χ0n) is 13.1. The second kappa shape index (κ2) is 6.14. The van der Waals surface area contributed by atoms with Crippen LogP contribution in [0.1, 0.15) is 20.3 Å². The minimum absolute atomic E-state index is 0.0997. The number of fused-ring (bicyclic) bond motifs is 1. The standard InChI is InChI=1S/C17H19N3O2S/c1-3-12(2)20-23(21,22)14-9-10-15-16(11-14)19-17(18-15)13-7-5-4-6-8-13/h4-12,20H,3H2,1-2H3,(H,18,19). The number of nitrogens with zero attached hydrogens (tertiary/aromatic N) is 1. The minimum atomic E-state index is -3.52. The first-order valence-corrected chi connectivity index (χ1v) is 9.05. The fourth-order valence-electron chi connectivity index (χ4n) is 2.30. The Balaban J connectivity index is 2.00. The van der Waals surface area contributed by atoms with E-state index >= 15 is 0 Å². The summed E-state index contributed by atoms with van der Waals surface area (Å²) >= 11 is 0. The molecule has 1 unspecified atom stereocenters. The fourth-order valence-corrected chi connectivity index (χ4v) is 3.66. The van der Waals surface area contributed by atoms with Crippen LogP contribution < -0.4 is 4.72 Å². The van der Waals surface area contributed by atoms with Crippen LogP contribution in [0.3, 0.4) is 0 Å². The second-order valence-corrected chi connectivity index (χ2v) is 7.27. The maximum Gasteiger partial charge on any atom is 0.240 e. The lowest BCUT2D eigenvalue weighted by atomic mass is 10.2. The van der Waals surface area contributed by atoms with Gasteiger partial charge in [0.05, 0.1) is 15.9 Å². The average molecular weight is 329 g/mol. The summed E-state index contributed by atoms with van der Waals surface area (Å²) in [5.74, 6) is 0.727. The fraction of sp³-hybridized carbons (Fsp3) is 0.235. The molecule has 1 atom stereocenters. The number of aromatic amines is 1. The molecule has 1 aromatic heterocycles. The molecule has 0 fully saturated rings. The summed E-state index contributed by atoms with van der Waals surface area (Å²) in [6.07, 6.45) is 0.740. The molecule has 2 N–H and O–H groups in total. The van der Waals surface area contributed by atoms with Gasteiger partial charge in [-0.15, -0.1) is 0 Å². The van der Waals surface area contributed by atoms with Crippen LogP contribution in [0, 0.1) is 0 Å². The SMILES string of the molecule is CCC(C)NS(=O)(=O)c1ccc2nc(-c3ccccc3)[nH]c2c1. The van der Waals surface area contributed by atoms with Crippen molar-refractivity contribution < 1.29 is 8.42 Å². The molecule has 0 aliphatic carbocycles. The number of sulfonamides is 1. The van der Waals surface area contributed by atoms with Crippen molar-refractivity contribution in [3.8, 4) is 11.4 Å². The van der Waals surface area contributed by atoms with Crippen molar-refractivity contribution in [1.29, 1.82) is 0 Å². The highest BCUT2D eigenvalue weighted by Crippen LogP contribution is 2.22. The van der Waals surface area contributed by atoms with Gasteiger partial charge in [0, 0.05) is 11.6 Å². The number of aromatic nitrogens is 2. The van der Waals surface area contributed by atoms with Crippen LogP contribution in [0.25, 0.3) is 22.4 Å². The topological polar surface area (TPSA) is 74.8 Å². The van der Waals surface area contributed by atoms with Crippen LogP contribution in [-0.4, -0.2) is 24.4 Å². The Labute approximate surface area is 135 Å². The molecule has 0 aliphatic rings. The highest BCUT2D eigenvalue weighted by Gasteiger charge is 2.17. The van der Waals surface area contributed by atoms with Gasteiger partial charge in [0.1, 0.15) is 5.82 Å². The third kappa shape index (κ3) is 3.28. The van der Waals surface area contributed by atoms with Crippen LogP contribution in [0.5, 0.6) is 0 Å². The van der Waals surface area contributed by atoms with Gasteiger partial charge in [0.2, 0.25) is 10.0 Å². The summed E-state index contributed by atoms with van der Waals surface area (Å²) in [6, 6.07) is 14.6. The normalized spacial score (nSPS) is 13.3. The lowest BCUT2D eigenvalue weighted by molar-refractivity contribution is 0.556.